The molecule has 0 aromatic heterocycles. The number of nitrogens with two attached hydrogens (primary N) is 1. The van der Waals surface area contributed by atoms with E-state index >= 15 is 0 Å². The van der Waals surface area contributed by atoms with Crippen molar-refractivity contribution in [1.29, 1.82) is 0 Å². The Morgan fingerprint density at radius 1 is 1.11 bits per heavy atom. The maximum absolute atomic E-state index is 10.2. The maximum atomic E-state index is 10.2. The highest BCUT2D eigenvalue weighted by atomic mass is 16.8. The molecule has 0 unspecified atom stereocenters. The van der Waals surface area contributed by atoms with Gasteiger partial charge in [-0.1, -0.05) is 0 Å². The van der Waals surface area contributed by atoms with Crippen LogP contribution in [0.4, 0.5) is 0 Å². The molecule has 0 aliphatic heterocycles. The van der Waals surface area contributed by atoms with Crippen LogP contribution in [0.25, 0.3) is 0 Å². The first-order valence-electron chi connectivity index (χ1n) is 5.88. The van der Waals surface area contributed by atoms with E-state index in [0.717, 1.165) is 0 Å². The van der Waals surface area contributed by atoms with Crippen molar-refractivity contribution < 1.29 is 23.7 Å². The minimum atomic E-state index is -0.472. The Kier molecular flexibility index (Phi) is 14.9. The first-order chi connectivity index (χ1) is 8.51. The zero-order chi connectivity index (χ0) is 14.4. The van der Waals surface area contributed by atoms with Crippen molar-refractivity contribution in [1.82, 2.24) is 0 Å². The van der Waals surface area contributed by atoms with Crippen LogP contribution in [0, 0.1) is 0 Å². The van der Waals surface area contributed by atoms with Crippen molar-refractivity contribution in [3.8, 4) is 0 Å². The standard InChI is InChI=1S/C7H16O3.C5H9NO2/c1-4-8-7(9-5-2)10-6-3;1-4(6)3-5(7)8-2/h7H,4-6H2,1-3H3;3H,6H2,1-2H3/b;4-3-. The average Bonchev–Trinajstić information content (AvgIpc) is 2.30. The Morgan fingerprint density at radius 2 is 1.50 bits per heavy atom. The van der Waals surface area contributed by atoms with Crippen LogP contribution < -0.4 is 5.73 Å². The third kappa shape index (κ3) is 14.9. The van der Waals surface area contributed by atoms with Crippen LogP contribution in [0.1, 0.15) is 27.7 Å². The minimum absolute atomic E-state index is 0.412. The molecule has 0 saturated carbocycles. The van der Waals surface area contributed by atoms with E-state index < -0.39 is 12.4 Å². The van der Waals surface area contributed by atoms with E-state index in [9.17, 15) is 4.79 Å². The minimum Gasteiger partial charge on any atom is -0.466 e. The van der Waals surface area contributed by atoms with Gasteiger partial charge in [0.1, 0.15) is 0 Å². The molecular weight excluding hydrogens is 238 g/mol. The summed E-state index contributed by atoms with van der Waals surface area (Å²) in [5.41, 5.74) is 5.58. The van der Waals surface area contributed by atoms with Gasteiger partial charge in [-0.05, 0) is 27.7 Å². The van der Waals surface area contributed by atoms with Gasteiger partial charge < -0.3 is 24.7 Å². The summed E-state index contributed by atoms with van der Waals surface area (Å²) in [6, 6.07) is 0. The van der Waals surface area contributed by atoms with E-state index in [0.29, 0.717) is 25.5 Å². The summed E-state index contributed by atoms with van der Waals surface area (Å²) >= 11 is 0. The molecule has 0 bridgehead atoms. The molecule has 0 aliphatic carbocycles. The second-order valence-corrected chi connectivity index (χ2v) is 3.07. The molecule has 6 heteroatoms. The number of rotatable bonds is 7. The number of carbonyl (C=O) groups excluding carboxylic acids is 1. The Morgan fingerprint density at radius 3 is 1.67 bits per heavy atom. The zero-order valence-electron chi connectivity index (χ0n) is 11.9. The van der Waals surface area contributed by atoms with Gasteiger partial charge in [0.05, 0.1) is 7.11 Å². The summed E-state index contributed by atoms with van der Waals surface area (Å²) < 4.78 is 19.5. The molecule has 0 atom stereocenters. The van der Waals surface area contributed by atoms with Crippen molar-refractivity contribution in [3.63, 3.8) is 0 Å². The molecule has 0 amide bonds. The summed E-state index contributed by atoms with van der Waals surface area (Å²) in [6.45, 7) is 8.72. The number of hydrogen-bond acceptors (Lipinski definition) is 6. The van der Waals surface area contributed by atoms with Gasteiger partial charge >= 0.3 is 5.97 Å². The number of allylic oxidation sites excluding steroid dienone is 1. The predicted octanol–water partition coefficient (Wildman–Crippen LogP) is 1.40. The van der Waals surface area contributed by atoms with E-state index in [4.69, 9.17) is 19.9 Å². The Balaban J connectivity index is 0. The highest BCUT2D eigenvalue weighted by Crippen LogP contribution is 1.95. The molecule has 0 aliphatic rings. The van der Waals surface area contributed by atoms with Crippen molar-refractivity contribution in [3.05, 3.63) is 11.8 Å². The van der Waals surface area contributed by atoms with Gasteiger partial charge in [0.15, 0.2) is 0 Å². The smallest absolute Gasteiger partial charge is 0.332 e. The molecule has 0 rings (SSSR count). The Labute approximate surface area is 109 Å². The van der Waals surface area contributed by atoms with Crippen LogP contribution in [0.15, 0.2) is 11.8 Å². The summed E-state index contributed by atoms with van der Waals surface area (Å²) in [6.07, 6.45) is 1.22. The van der Waals surface area contributed by atoms with Crippen LogP contribution in [-0.4, -0.2) is 39.4 Å². The number of carbonyl (C=O) groups is 1. The fourth-order valence-corrected chi connectivity index (χ4v) is 0.797. The highest BCUT2D eigenvalue weighted by Gasteiger charge is 2.04. The summed E-state index contributed by atoms with van der Waals surface area (Å²) in [5, 5.41) is 0. The second-order valence-electron chi connectivity index (χ2n) is 3.07. The number of ether oxygens (including phenoxy) is 4. The van der Waals surface area contributed by atoms with Crippen LogP contribution in [0.2, 0.25) is 0 Å². The monoisotopic (exact) mass is 263 g/mol. The fraction of sp³-hybridized carbons (Fsp3) is 0.750. The third-order valence-corrected chi connectivity index (χ3v) is 1.45. The van der Waals surface area contributed by atoms with Crippen molar-refractivity contribution in [2.75, 3.05) is 26.9 Å². The van der Waals surface area contributed by atoms with Gasteiger partial charge in [0, 0.05) is 31.6 Å². The fourth-order valence-electron chi connectivity index (χ4n) is 0.797. The normalized spacial score (nSPS) is 10.9. The lowest BCUT2D eigenvalue weighted by Gasteiger charge is -2.15. The van der Waals surface area contributed by atoms with E-state index in [2.05, 4.69) is 4.74 Å². The van der Waals surface area contributed by atoms with Crippen molar-refractivity contribution in [2.24, 2.45) is 5.73 Å². The molecule has 0 heterocycles. The lowest BCUT2D eigenvalue weighted by Crippen LogP contribution is -2.20. The predicted molar refractivity (Wildman–Crippen MR) is 68.6 cm³/mol. The first-order valence-corrected chi connectivity index (χ1v) is 5.88. The highest BCUT2D eigenvalue weighted by molar-refractivity contribution is 5.82. The van der Waals surface area contributed by atoms with E-state index in [1.54, 1.807) is 6.92 Å². The van der Waals surface area contributed by atoms with Gasteiger partial charge in [-0.3, -0.25) is 0 Å². The molecule has 0 aromatic rings. The van der Waals surface area contributed by atoms with E-state index in [1.165, 1.54) is 13.2 Å². The molecule has 18 heavy (non-hydrogen) atoms. The molecule has 0 saturated heterocycles. The number of hydrogen-bond donors (Lipinski definition) is 1. The summed E-state index contributed by atoms with van der Waals surface area (Å²) in [5.74, 6) is -0.412. The van der Waals surface area contributed by atoms with E-state index in [1.807, 2.05) is 20.8 Å². The molecule has 0 fully saturated rings. The first kappa shape index (κ1) is 19.2. The molecule has 0 aromatic carbocycles. The summed E-state index contributed by atoms with van der Waals surface area (Å²) in [4.78, 5) is 10.2. The lowest BCUT2D eigenvalue weighted by molar-refractivity contribution is -0.282. The van der Waals surface area contributed by atoms with Gasteiger partial charge in [0.25, 0.3) is 6.48 Å². The molecule has 0 spiro atoms. The second kappa shape index (κ2) is 14.0. The number of esters is 1. The van der Waals surface area contributed by atoms with Gasteiger partial charge in [-0.2, -0.15) is 0 Å². The molecule has 0 radical (unpaired) electrons. The van der Waals surface area contributed by atoms with Crippen LogP contribution >= 0.6 is 0 Å². The largest absolute Gasteiger partial charge is 0.466 e. The third-order valence-electron chi connectivity index (χ3n) is 1.45. The van der Waals surface area contributed by atoms with E-state index in [-0.39, 0.29) is 0 Å². The van der Waals surface area contributed by atoms with Crippen molar-refractivity contribution in [2.45, 2.75) is 34.2 Å². The summed E-state index contributed by atoms with van der Waals surface area (Å²) in [7, 11) is 1.31. The average molecular weight is 263 g/mol. The molecule has 2 N–H and O–H groups in total. The van der Waals surface area contributed by atoms with Gasteiger partial charge in [-0.15, -0.1) is 0 Å². The molecular formula is C12H25NO5. The van der Waals surface area contributed by atoms with Crippen LogP contribution in [-0.2, 0) is 23.7 Å². The Bertz CT molecular complexity index is 212. The van der Waals surface area contributed by atoms with Crippen molar-refractivity contribution >= 4 is 5.97 Å². The SMILES string of the molecule is CCOC(OCC)OCC.COC(=O)/C=C(/C)N. The topological polar surface area (TPSA) is 80.0 Å². The number of methoxy groups -OCH3 is 1. The molecule has 108 valence electrons. The van der Waals surface area contributed by atoms with Crippen LogP contribution in [0.5, 0.6) is 0 Å². The maximum Gasteiger partial charge on any atom is 0.332 e. The Hall–Kier alpha value is -1.11. The lowest BCUT2D eigenvalue weighted by atomic mass is 10.4. The molecule has 6 nitrogen and oxygen atoms in total. The van der Waals surface area contributed by atoms with Crippen LogP contribution in [0.3, 0.4) is 0 Å². The quantitative estimate of drug-likeness (QED) is 0.425. The van der Waals surface area contributed by atoms with Gasteiger partial charge in [0.2, 0.25) is 0 Å². The van der Waals surface area contributed by atoms with Gasteiger partial charge in [-0.25, -0.2) is 4.79 Å². The zero-order valence-corrected chi connectivity index (χ0v) is 11.9.